The maximum atomic E-state index is 11.4. The molecule has 2 bridgehead atoms. The van der Waals surface area contributed by atoms with E-state index < -0.39 is 0 Å². The summed E-state index contributed by atoms with van der Waals surface area (Å²) < 4.78 is 0. The van der Waals surface area contributed by atoms with Crippen LogP contribution in [0.15, 0.2) is 18.2 Å². The third kappa shape index (κ3) is 0.432. The van der Waals surface area contributed by atoms with E-state index in [1.165, 1.54) is 4.90 Å². The molecule has 0 fully saturated rings. The second-order valence-corrected chi connectivity index (χ2v) is 3.04. The van der Waals surface area contributed by atoms with Crippen molar-refractivity contribution in [3.8, 4) is 0 Å². The lowest BCUT2D eigenvalue weighted by Crippen LogP contribution is -2.25. The van der Waals surface area contributed by atoms with E-state index in [1.54, 1.807) is 6.07 Å². The van der Waals surface area contributed by atoms with Crippen LogP contribution in [0.2, 0.25) is 0 Å². The number of hydrogen-bond donors (Lipinski definition) is 0. The first kappa shape index (κ1) is 5.94. The number of amides is 2. The summed E-state index contributed by atoms with van der Waals surface area (Å²) in [5, 5.41) is 0. The van der Waals surface area contributed by atoms with Gasteiger partial charge in [-0.2, -0.15) is 0 Å². The van der Waals surface area contributed by atoms with Gasteiger partial charge in [0, 0.05) is 0 Å². The third-order valence-electron chi connectivity index (χ3n) is 2.41. The minimum atomic E-state index is -0.136. The van der Waals surface area contributed by atoms with E-state index in [2.05, 4.69) is 0 Å². The molecule has 0 aliphatic carbocycles. The molecule has 3 nitrogen and oxygen atoms in total. The Morgan fingerprint density at radius 1 is 1.17 bits per heavy atom. The molecular formula is C9H5NO2. The summed E-state index contributed by atoms with van der Waals surface area (Å²) in [6.45, 7) is 0.473. The molecular weight excluding hydrogens is 154 g/mol. The van der Waals surface area contributed by atoms with Crippen LogP contribution in [0.1, 0.15) is 26.3 Å². The Labute approximate surface area is 68.6 Å². The summed E-state index contributed by atoms with van der Waals surface area (Å²) in [4.78, 5) is 24.0. The number of carbonyl (C=O) groups is 2. The minimum Gasteiger partial charge on any atom is -0.270 e. The molecule has 1 aromatic rings. The van der Waals surface area contributed by atoms with Crippen LogP contribution in [-0.2, 0) is 6.54 Å². The fraction of sp³-hybridized carbons (Fsp3) is 0.111. The van der Waals surface area contributed by atoms with Crippen LogP contribution >= 0.6 is 0 Å². The zero-order valence-corrected chi connectivity index (χ0v) is 6.20. The van der Waals surface area contributed by atoms with Crippen LogP contribution in [0.3, 0.4) is 0 Å². The molecule has 0 atom stereocenters. The molecule has 0 radical (unpaired) electrons. The van der Waals surface area contributed by atoms with Crippen molar-refractivity contribution in [1.82, 2.24) is 4.90 Å². The highest BCUT2D eigenvalue weighted by atomic mass is 16.2. The molecule has 2 aliphatic rings. The molecule has 0 spiro atoms. The van der Waals surface area contributed by atoms with Gasteiger partial charge in [0.1, 0.15) is 0 Å². The van der Waals surface area contributed by atoms with Gasteiger partial charge in [-0.15, -0.1) is 0 Å². The van der Waals surface area contributed by atoms with Crippen LogP contribution in [0.5, 0.6) is 0 Å². The maximum absolute atomic E-state index is 11.4. The molecule has 3 heteroatoms. The molecule has 12 heavy (non-hydrogen) atoms. The number of rotatable bonds is 0. The molecule has 2 amide bonds. The fourth-order valence-corrected chi connectivity index (χ4v) is 1.85. The lowest BCUT2D eigenvalue weighted by atomic mass is 10.0. The van der Waals surface area contributed by atoms with E-state index in [4.69, 9.17) is 0 Å². The van der Waals surface area contributed by atoms with Gasteiger partial charge in [0.05, 0.1) is 17.7 Å². The lowest BCUT2D eigenvalue weighted by molar-refractivity contribution is 0.0661. The van der Waals surface area contributed by atoms with E-state index in [-0.39, 0.29) is 11.8 Å². The summed E-state index contributed by atoms with van der Waals surface area (Å²) in [5.41, 5.74) is 2.18. The highest BCUT2D eigenvalue weighted by Crippen LogP contribution is 2.33. The molecule has 0 saturated heterocycles. The Balaban J connectivity index is 2.48. The SMILES string of the molecule is O=C1c2cccc3c2C(=O)N1C3. The predicted molar refractivity (Wildman–Crippen MR) is 40.6 cm³/mol. The second kappa shape index (κ2) is 1.58. The van der Waals surface area contributed by atoms with E-state index >= 15 is 0 Å². The van der Waals surface area contributed by atoms with Crippen molar-refractivity contribution in [2.75, 3.05) is 0 Å². The van der Waals surface area contributed by atoms with Gasteiger partial charge in [-0.25, -0.2) is 0 Å². The molecule has 2 aliphatic heterocycles. The zero-order chi connectivity index (χ0) is 8.29. The number of benzene rings is 1. The molecule has 58 valence electrons. The highest BCUT2D eigenvalue weighted by Gasteiger charge is 2.42. The van der Waals surface area contributed by atoms with Crippen molar-refractivity contribution >= 4 is 11.8 Å². The molecule has 1 aromatic carbocycles. The van der Waals surface area contributed by atoms with Crippen molar-refractivity contribution < 1.29 is 9.59 Å². The Bertz CT molecular complexity index is 415. The largest absolute Gasteiger partial charge is 0.270 e. The van der Waals surface area contributed by atoms with Crippen LogP contribution in [0.25, 0.3) is 0 Å². The quantitative estimate of drug-likeness (QED) is 0.525. The topological polar surface area (TPSA) is 37.4 Å². The first-order valence-electron chi connectivity index (χ1n) is 3.77. The fourth-order valence-electron chi connectivity index (χ4n) is 1.85. The highest BCUT2D eigenvalue weighted by molar-refractivity contribution is 6.23. The Morgan fingerprint density at radius 3 is 2.67 bits per heavy atom. The zero-order valence-electron chi connectivity index (χ0n) is 6.20. The van der Waals surface area contributed by atoms with Gasteiger partial charge in [0.25, 0.3) is 11.8 Å². The monoisotopic (exact) mass is 159 g/mol. The number of nitrogens with zero attached hydrogens (tertiary/aromatic N) is 1. The first-order chi connectivity index (χ1) is 5.79. The number of imide groups is 1. The molecule has 0 N–H and O–H groups in total. The molecule has 0 aromatic heterocycles. The molecule has 0 saturated carbocycles. The molecule has 3 rings (SSSR count). The normalized spacial score (nSPS) is 17.8. The van der Waals surface area contributed by atoms with Crippen LogP contribution in [0, 0.1) is 0 Å². The number of hydrogen-bond acceptors (Lipinski definition) is 2. The Kier molecular flexibility index (Phi) is 0.781. The summed E-state index contributed by atoms with van der Waals surface area (Å²) in [6, 6.07) is 5.42. The van der Waals surface area contributed by atoms with Crippen LogP contribution in [-0.4, -0.2) is 16.7 Å². The number of fused-ring (bicyclic) bond motifs is 1. The lowest BCUT2D eigenvalue weighted by Gasteiger charge is -2.11. The third-order valence-corrected chi connectivity index (χ3v) is 2.41. The van der Waals surface area contributed by atoms with E-state index in [0.29, 0.717) is 17.7 Å². The van der Waals surface area contributed by atoms with Crippen molar-refractivity contribution in [2.45, 2.75) is 6.54 Å². The van der Waals surface area contributed by atoms with E-state index in [0.717, 1.165) is 5.56 Å². The van der Waals surface area contributed by atoms with E-state index in [9.17, 15) is 9.59 Å². The van der Waals surface area contributed by atoms with E-state index in [1.807, 2.05) is 12.1 Å². The predicted octanol–water partition coefficient (Wildman–Crippen LogP) is 0.796. The van der Waals surface area contributed by atoms with Crippen LogP contribution in [0.4, 0.5) is 0 Å². The maximum Gasteiger partial charge on any atom is 0.262 e. The summed E-state index contributed by atoms with van der Waals surface area (Å²) in [6.07, 6.45) is 0. The van der Waals surface area contributed by atoms with Gasteiger partial charge >= 0.3 is 0 Å². The average Bonchev–Trinajstić information content (AvgIpc) is 2.51. The van der Waals surface area contributed by atoms with Crippen molar-refractivity contribution in [3.63, 3.8) is 0 Å². The molecule has 0 unspecified atom stereocenters. The summed E-state index contributed by atoms with van der Waals surface area (Å²) >= 11 is 0. The first-order valence-corrected chi connectivity index (χ1v) is 3.77. The summed E-state index contributed by atoms with van der Waals surface area (Å²) in [7, 11) is 0. The van der Waals surface area contributed by atoms with Crippen molar-refractivity contribution in [1.29, 1.82) is 0 Å². The number of carbonyl (C=O) groups excluding carboxylic acids is 2. The van der Waals surface area contributed by atoms with Gasteiger partial charge < -0.3 is 0 Å². The van der Waals surface area contributed by atoms with Gasteiger partial charge in [-0.05, 0) is 11.6 Å². The van der Waals surface area contributed by atoms with Crippen molar-refractivity contribution in [3.05, 3.63) is 34.9 Å². The Hall–Kier alpha value is -1.64. The standard InChI is InChI=1S/C9H5NO2/c11-8-6-3-1-2-5-4-10(8)9(12)7(5)6/h1-3H,4H2. The van der Waals surface area contributed by atoms with Gasteiger partial charge in [0.2, 0.25) is 0 Å². The second-order valence-electron chi connectivity index (χ2n) is 3.04. The molecule has 2 heterocycles. The Morgan fingerprint density at radius 2 is 2.00 bits per heavy atom. The average molecular weight is 159 g/mol. The van der Waals surface area contributed by atoms with Gasteiger partial charge in [0.15, 0.2) is 0 Å². The van der Waals surface area contributed by atoms with Gasteiger partial charge in [-0.1, -0.05) is 12.1 Å². The summed E-state index contributed by atoms with van der Waals surface area (Å²) in [5.74, 6) is -0.256. The smallest absolute Gasteiger partial charge is 0.262 e. The minimum absolute atomic E-state index is 0.120. The van der Waals surface area contributed by atoms with Gasteiger partial charge in [-0.3, -0.25) is 14.5 Å². The van der Waals surface area contributed by atoms with Crippen LogP contribution < -0.4 is 0 Å². The van der Waals surface area contributed by atoms with Crippen molar-refractivity contribution in [2.24, 2.45) is 0 Å².